The zero-order valence-corrected chi connectivity index (χ0v) is 19.6. The third-order valence-corrected chi connectivity index (χ3v) is 7.80. The Morgan fingerprint density at radius 3 is 2.52 bits per heavy atom. The number of rotatable bonds is 5. The van der Waals surface area contributed by atoms with Crippen LogP contribution in [-0.2, 0) is 26.8 Å². The molecule has 0 amide bonds. The molecule has 0 unspecified atom stereocenters. The lowest BCUT2D eigenvalue weighted by atomic mass is 9.86. The molecule has 2 N–H and O–H groups in total. The molecule has 0 radical (unpaired) electrons. The molecule has 0 atom stereocenters. The number of aromatic nitrogens is 2. The summed E-state index contributed by atoms with van der Waals surface area (Å²) < 4.78 is 56.1. The van der Waals surface area contributed by atoms with Crippen LogP contribution >= 0.6 is 0 Å². The normalized spacial score (nSPS) is 19.8. The minimum absolute atomic E-state index is 0.0205. The first-order valence-electron chi connectivity index (χ1n) is 10.9. The fourth-order valence-corrected chi connectivity index (χ4v) is 5.59. The molecule has 0 spiro atoms. The van der Waals surface area contributed by atoms with E-state index < -0.39 is 21.9 Å². The van der Waals surface area contributed by atoms with Crippen LogP contribution in [0.25, 0.3) is 11.0 Å². The third-order valence-electron chi connectivity index (χ3n) is 6.20. The summed E-state index contributed by atoms with van der Waals surface area (Å²) in [5.41, 5.74) is 3.39. The van der Waals surface area contributed by atoms with Crippen molar-refractivity contribution in [2.45, 2.75) is 69.2 Å². The van der Waals surface area contributed by atoms with E-state index in [0.29, 0.717) is 24.9 Å². The molecular weight excluding hydrogens is 454 g/mol. The van der Waals surface area contributed by atoms with Gasteiger partial charge in [0.25, 0.3) is 10.0 Å². The Kier molecular flexibility index (Phi) is 5.76. The lowest BCUT2D eigenvalue weighted by Gasteiger charge is -2.30. The number of carboxylic acids is 1. The average Bonchev–Trinajstić information content (AvgIpc) is 3.35. The molecule has 2 aromatic rings. The Morgan fingerprint density at radius 2 is 1.94 bits per heavy atom. The number of benzene rings is 1. The first-order chi connectivity index (χ1) is 15.3. The number of hydrogen-bond acceptors (Lipinski definition) is 5. The first-order valence-corrected chi connectivity index (χ1v) is 12.3. The molecule has 2 aliphatic rings. The number of hydrazine groups is 1. The van der Waals surface area contributed by atoms with E-state index in [0.717, 1.165) is 22.0 Å². The van der Waals surface area contributed by atoms with Crippen LogP contribution < -0.4 is 5.43 Å². The van der Waals surface area contributed by atoms with E-state index in [2.05, 4.69) is 5.43 Å². The van der Waals surface area contributed by atoms with Gasteiger partial charge in [0.15, 0.2) is 0 Å². The van der Waals surface area contributed by atoms with Gasteiger partial charge in [-0.2, -0.15) is 8.42 Å². The zero-order valence-electron chi connectivity index (χ0n) is 18.8. The second kappa shape index (κ2) is 8.05. The topological polar surface area (TPSA) is 105 Å². The molecule has 1 fully saturated rings. The average molecular weight is 483 g/mol. The summed E-state index contributed by atoms with van der Waals surface area (Å²) in [4.78, 5) is 15.8. The van der Waals surface area contributed by atoms with E-state index in [-0.39, 0.29) is 41.2 Å². The summed E-state index contributed by atoms with van der Waals surface area (Å²) in [6.07, 6.45) is 1.68. The van der Waals surface area contributed by atoms with Crippen LogP contribution in [0.1, 0.15) is 52.3 Å². The van der Waals surface area contributed by atoms with E-state index >= 15 is 0 Å². The van der Waals surface area contributed by atoms with Crippen LogP contribution in [0, 0.1) is 5.92 Å². The molecule has 8 nitrogen and oxygen atoms in total. The summed E-state index contributed by atoms with van der Waals surface area (Å²) in [5, 5.41) is 9.10. The summed E-state index contributed by atoms with van der Waals surface area (Å²) in [6, 6.07) is 4.62. The summed E-state index contributed by atoms with van der Waals surface area (Å²) in [7, 11) is -4.03. The van der Waals surface area contributed by atoms with Gasteiger partial charge in [-0.1, -0.05) is 20.8 Å². The van der Waals surface area contributed by atoms with Gasteiger partial charge in [0.2, 0.25) is 5.92 Å². The molecular formula is C22H28F2N4O4S. The van der Waals surface area contributed by atoms with E-state index in [9.17, 15) is 22.0 Å². The summed E-state index contributed by atoms with van der Waals surface area (Å²) >= 11 is 0. The zero-order chi connectivity index (χ0) is 24.2. The van der Waals surface area contributed by atoms with Crippen molar-refractivity contribution in [1.82, 2.24) is 19.4 Å². The Hall–Kier alpha value is -2.53. The van der Waals surface area contributed by atoms with Crippen LogP contribution in [0.3, 0.4) is 0 Å². The number of carbonyl (C=O) groups is 1. The number of alkyl halides is 2. The molecule has 180 valence electrons. The Labute approximate surface area is 191 Å². The molecule has 1 aliphatic carbocycles. The van der Waals surface area contributed by atoms with Gasteiger partial charge in [-0.15, -0.1) is 0 Å². The monoisotopic (exact) mass is 482 g/mol. The highest BCUT2D eigenvalue weighted by molar-refractivity contribution is 7.89. The molecule has 4 rings (SSSR count). The van der Waals surface area contributed by atoms with E-state index in [4.69, 9.17) is 10.1 Å². The lowest BCUT2D eigenvalue weighted by Crippen LogP contribution is -2.34. The van der Waals surface area contributed by atoms with Gasteiger partial charge in [0.1, 0.15) is 5.82 Å². The number of carboxylic acid groups (broad SMARTS) is 1. The number of aliphatic carboxylic acids is 1. The highest BCUT2D eigenvalue weighted by Crippen LogP contribution is 2.38. The van der Waals surface area contributed by atoms with Crippen molar-refractivity contribution >= 4 is 27.0 Å². The molecule has 2 heterocycles. The maximum Gasteiger partial charge on any atom is 0.334 e. The Balaban J connectivity index is 1.70. The molecule has 1 aromatic heterocycles. The fourth-order valence-electron chi connectivity index (χ4n) is 4.36. The Morgan fingerprint density at radius 1 is 1.27 bits per heavy atom. The van der Waals surface area contributed by atoms with Gasteiger partial charge in [0.05, 0.1) is 21.5 Å². The molecule has 1 saturated carbocycles. The van der Waals surface area contributed by atoms with Crippen molar-refractivity contribution in [1.29, 1.82) is 0 Å². The fraction of sp³-hybridized carbons (Fsp3) is 0.545. The number of nitrogens with zero attached hydrogens (tertiary/aromatic N) is 3. The third kappa shape index (κ3) is 4.61. The van der Waals surface area contributed by atoms with Crippen molar-refractivity contribution in [3.63, 3.8) is 0 Å². The van der Waals surface area contributed by atoms with Gasteiger partial charge < -0.3 is 9.67 Å². The van der Waals surface area contributed by atoms with Crippen molar-refractivity contribution in [3.05, 3.63) is 35.8 Å². The Bertz CT molecular complexity index is 1220. The highest BCUT2D eigenvalue weighted by atomic mass is 32.2. The van der Waals surface area contributed by atoms with E-state index in [1.807, 2.05) is 25.3 Å². The minimum Gasteiger partial charge on any atom is -0.478 e. The number of sulfonamides is 1. The second-order valence-corrected chi connectivity index (χ2v) is 11.7. The predicted octanol–water partition coefficient (Wildman–Crippen LogP) is 3.64. The molecule has 1 aliphatic heterocycles. The number of fused-ring (bicyclic) bond motifs is 1. The van der Waals surface area contributed by atoms with E-state index in [1.165, 1.54) is 12.1 Å². The quantitative estimate of drug-likeness (QED) is 0.674. The molecule has 1 aromatic carbocycles. The molecule has 0 saturated heterocycles. The van der Waals surface area contributed by atoms with Crippen molar-refractivity contribution < 1.29 is 27.1 Å². The second-order valence-electron chi connectivity index (χ2n) is 9.84. The first kappa shape index (κ1) is 23.6. The van der Waals surface area contributed by atoms with Crippen LogP contribution in [0.4, 0.5) is 8.78 Å². The largest absolute Gasteiger partial charge is 0.478 e. The highest BCUT2D eigenvalue weighted by Gasteiger charge is 2.36. The summed E-state index contributed by atoms with van der Waals surface area (Å²) in [5.74, 6) is -2.93. The molecule has 0 bridgehead atoms. The van der Waals surface area contributed by atoms with Crippen molar-refractivity contribution in [2.24, 2.45) is 5.92 Å². The lowest BCUT2D eigenvalue weighted by molar-refractivity contribution is -0.132. The number of nitrogens with one attached hydrogen (secondary N) is 1. The maximum absolute atomic E-state index is 13.6. The van der Waals surface area contributed by atoms with Crippen molar-refractivity contribution in [2.75, 3.05) is 6.54 Å². The van der Waals surface area contributed by atoms with Crippen LogP contribution in [0.2, 0.25) is 0 Å². The van der Waals surface area contributed by atoms with Crippen LogP contribution in [0.15, 0.2) is 34.9 Å². The number of imidazole rings is 1. The van der Waals surface area contributed by atoms with Gasteiger partial charge in [-0.3, -0.25) is 0 Å². The van der Waals surface area contributed by atoms with Crippen molar-refractivity contribution in [3.8, 4) is 0 Å². The minimum atomic E-state index is -4.03. The smallest absolute Gasteiger partial charge is 0.334 e. The van der Waals surface area contributed by atoms with E-state index in [1.54, 1.807) is 6.07 Å². The summed E-state index contributed by atoms with van der Waals surface area (Å²) in [6.45, 7) is 6.46. The standard InChI is InChI=1S/C22H28F2N4O4S/c1-21(2,3)20-26-17-10-16(33(31,32)28-13-15(11-25-28)19(29)30)4-5-18(17)27(20)12-14-6-8-22(23,24)9-7-14/h4-5,10,13-14,25H,6-9,11-12H2,1-3H3,(H,29,30). The number of halogens is 2. The van der Waals surface area contributed by atoms with Gasteiger partial charge in [0, 0.05) is 37.5 Å². The predicted molar refractivity (Wildman–Crippen MR) is 118 cm³/mol. The maximum atomic E-state index is 13.6. The van der Waals surface area contributed by atoms with Gasteiger partial charge >= 0.3 is 5.97 Å². The van der Waals surface area contributed by atoms with Crippen LogP contribution in [0.5, 0.6) is 0 Å². The SMILES string of the molecule is CC(C)(C)c1nc2cc(S(=O)(=O)N3C=C(C(=O)O)CN3)ccc2n1CC1CCC(F)(F)CC1. The van der Waals surface area contributed by atoms with Crippen LogP contribution in [-0.4, -0.2) is 45.9 Å². The number of hydrogen-bond donors (Lipinski definition) is 2. The molecule has 33 heavy (non-hydrogen) atoms. The molecule has 11 heteroatoms. The van der Waals surface area contributed by atoms with Gasteiger partial charge in [-0.05, 0) is 37.0 Å². The van der Waals surface area contributed by atoms with Gasteiger partial charge in [-0.25, -0.2) is 28.4 Å².